The van der Waals surface area contributed by atoms with Crippen LogP contribution in [-0.2, 0) is 6.54 Å². The van der Waals surface area contributed by atoms with Crippen LogP contribution >= 0.6 is 0 Å². The Morgan fingerprint density at radius 1 is 1.20 bits per heavy atom. The molecule has 0 radical (unpaired) electrons. The Kier molecular flexibility index (Phi) is 3.68. The van der Waals surface area contributed by atoms with Crippen molar-refractivity contribution in [3.05, 3.63) is 83.6 Å². The van der Waals surface area contributed by atoms with Crippen LogP contribution in [0.4, 0.5) is 14.5 Å². The van der Waals surface area contributed by atoms with Gasteiger partial charge in [-0.05, 0) is 36.4 Å². The molecule has 1 amide bonds. The van der Waals surface area contributed by atoms with Crippen molar-refractivity contribution in [1.29, 1.82) is 0 Å². The van der Waals surface area contributed by atoms with Gasteiger partial charge in [0.05, 0.1) is 29.8 Å². The quantitative estimate of drug-likeness (QED) is 0.786. The van der Waals surface area contributed by atoms with Crippen LogP contribution < -0.4 is 5.32 Å². The van der Waals surface area contributed by atoms with Crippen molar-refractivity contribution in [3.8, 4) is 0 Å². The van der Waals surface area contributed by atoms with Crippen molar-refractivity contribution in [1.82, 2.24) is 9.88 Å². The molecule has 126 valence electrons. The Hall–Kier alpha value is -3.22. The molecule has 7 heteroatoms. The lowest BCUT2D eigenvalue weighted by atomic mass is 10.2. The first-order chi connectivity index (χ1) is 12.1. The highest BCUT2D eigenvalue weighted by Gasteiger charge is 2.38. The number of aromatic nitrogens is 1. The summed E-state index contributed by atoms with van der Waals surface area (Å²) >= 11 is 0. The zero-order valence-electron chi connectivity index (χ0n) is 12.9. The van der Waals surface area contributed by atoms with Crippen molar-refractivity contribution < 1.29 is 18.0 Å². The lowest BCUT2D eigenvalue weighted by Crippen LogP contribution is -2.32. The molecule has 3 heterocycles. The van der Waals surface area contributed by atoms with Crippen molar-refractivity contribution in [2.75, 3.05) is 5.32 Å². The van der Waals surface area contributed by atoms with Crippen LogP contribution in [0, 0.1) is 11.6 Å². The molecular weight excluding hydrogens is 328 g/mol. The molecule has 2 aromatic heterocycles. The molecule has 3 aromatic rings. The highest BCUT2D eigenvalue weighted by atomic mass is 19.1. The SMILES string of the molecule is O=C1c2cccnc2C(Nc2cc(F)ccc2F)N1Cc1ccco1. The van der Waals surface area contributed by atoms with Crippen molar-refractivity contribution in [2.24, 2.45) is 0 Å². The van der Waals surface area contributed by atoms with Crippen molar-refractivity contribution in [3.63, 3.8) is 0 Å². The predicted octanol–water partition coefficient (Wildman–Crippen LogP) is 3.72. The van der Waals surface area contributed by atoms with E-state index >= 15 is 0 Å². The summed E-state index contributed by atoms with van der Waals surface area (Å²) in [5.41, 5.74) is 0.840. The Labute approximate surface area is 141 Å². The molecule has 1 aliphatic heterocycles. The summed E-state index contributed by atoms with van der Waals surface area (Å²) in [4.78, 5) is 18.4. The molecule has 0 spiro atoms. The van der Waals surface area contributed by atoms with Gasteiger partial charge in [-0.15, -0.1) is 0 Å². The second-order valence-electron chi connectivity index (χ2n) is 5.62. The van der Waals surface area contributed by atoms with Gasteiger partial charge in [0.25, 0.3) is 5.91 Å². The number of hydrogen-bond donors (Lipinski definition) is 1. The number of nitrogens with one attached hydrogen (secondary N) is 1. The van der Waals surface area contributed by atoms with Gasteiger partial charge in [0, 0.05) is 12.3 Å². The Balaban J connectivity index is 1.72. The first-order valence-electron chi connectivity index (χ1n) is 7.63. The van der Waals surface area contributed by atoms with Crippen molar-refractivity contribution in [2.45, 2.75) is 12.7 Å². The topological polar surface area (TPSA) is 58.4 Å². The molecule has 1 unspecified atom stereocenters. The van der Waals surface area contributed by atoms with E-state index < -0.39 is 17.8 Å². The van der Waals surface area contributed by atoms with Crippen LogP contribution in [0.15, 0.2) is 59.3 Å². The van der Waals surface area contributed by atoms with Crippen LogP contribution in [0.3, 0.4) is 0 Å². The number of carbonyl (C=O) groups is 1. The number of benzene rings is 1. The third-order valence-electron chi connectivity index (χ3n) is 4.03. The van der Waals surface area contributed by atoms with E-state index in [0.29, 0.717) is 17.0 Å². The van der Waals surface area contributed by atoms with Crippen LogP contribution in [0.5, 0.6) is 0 Å². The van der Waals surface area contributed by atoms with E-state index in [2.05, 4.69) is 10.3 Å². The van der Waals surface area contributed by atoms with E-state index in [9.17, 15) is 13.6 Å². The number of amides is 1. The highest BCUT2D eigenvalue weighted by Crippen LogP contribution is 2.34. The van der Waals surface area contributed by atoms with Gasteiger partial charge < -0.3 is 14.6 Å². The molecule has 1 aliphatic rings. The Bertz CT molecular complexity index is 928. The minimum Gasteiger partial charge on any atom is -0.467 e. The number of nitrogens with zero attached hydrogens (tertiary/aromatic N) is 2. The van der Waals surface area contributed by atoms with Gasteiger partial charge in [-0.2, -0.15) is 0 Å². The van der Waals surface area contributed by atoms with E-state index in [4.69, 9.17) is 4.42 Å². The summed E-state index contributed by atoms with van der Waals surface area (Å²) in [7, 11) is 0. The van der Waals surface area contributed by atoms with Crippen LogP contribution in [0.1, 0.15) is 28.0 Å². The van der Waals surface area contributed by atoms with Crippen LogP contribution in [0.25, 0.3) is 0 Å². The number of hydrogen-bond acceptors (Lipinski definition) is 4. The molecule has 1 atom stereocenters. The minimum atomic E-state index is -0.731. The van der Waals surface area contributed by atoms with Gasteiger partial charge in [-0.25, -0.2) is 8.78 Å². The second-order valence-corrected chi connectivity index (χ2v) is 5.62. The highest BCUT2D eigenvalue weighted by molar-refractivity contribution is 5.98. The second kappa shape index (κ2) is 6.01. The normalized spacial score (nSPS) is 16.2. The molecule has 1 aromatic carbocycles. The molecule has 0 fully saturated rings. The van der Waals surface area contributed by atoms with Crippen LogP contribution in [0.2, 0.25) is 0 Å². The van der Waals surface area contributed by atoms with E-state index in [1.807, 2.05) is 0 Å². The molecule has 25 heavy (non-hydrogen) atoms. The third kappa shape index (κ3) is 2.73. The lowest BCUT2D eigenvalue weighted by molar-refractivity contribution is 0.0714. The summed E-state index contributed by atoms with van der Waals surface area (Å²) in [6.45, 7) is 0.177. The molecule has 0 bridgehead atoms. The van der Waals surface area contributed by atoms with Gasteiger partial charge in [-0.3, -0.25) is 9.78 Å². The summed E-state index contributed by atoms with van der Waals surface area (Å²) in [6, 6.07) is 9.89. The van der Waals surface area contributed by atoms with Gasteiger partial charge in [0.1, 0.15) is 23.6 Å². The molecule has 0 saturated heterocycles. The maximum atomic E-state index is 14.0. The van der Waals surface area contributed by atoms with Crippen LogP contribution in [-0.4, -0.2) is 15.8 Å². The van der Waals surface area contributed by atoms with E-state index in [1.54, 1.807) is 30.5 Å². The molecule has 0 aliphatic carbocycles. The molecule has 0 saturated carbocycles. The summed E-state index contributed by atoms with van der Waals surface area (Å²) < 4.78 is 32.8. The fourth-order valence-corrected chi connectivity index (χ4v) is 2.87. The molecular formula is C18H13F2N3O2. The minimum absolute atomic E-state index is 0.0410. The van der Waals surface area contributed by atoms with Crippen molar-refractivity contribution >= 4 is 11.6 Å². The fourth-order valence-electron chi connectivity index (χ4n) is 2.87. The average molecular weight is 341 g/mol. The predicted molar refractivity (Wildman–Crippen MR) is 85.5 cm³/mol. The van der Waals surface area contributed by atoms with E-state index in [-0.39, 0.29) is 18.1 Å². The number of pyridine rings is 1. The lowest BCUT2D eigenvalue weighted by Gasteiger charge is -2.25. The number of anilines is 1. The van der Waals surface area contributed by atoms with E-state index in [1.165, 1.54) is 11.2 Å². The average Bonchev–Trinajstić information content (AvgIpc) is 3.21. The van der Waals surface area contributed by atoms with Gasteiger partial charge in [0.2, 0.25) is 0 Å². The Morgan fingerprint density at radius 2 is 2.08 bits per heavy atom. The standard InChI is InChI=1S/C18H13F2N3O2/c19-11-5-6-14(20)15(9-11)22-17-16-13(4-1-7-21-16)18(24)23(17)10-12-3-2-8-25-12/h1-9,17,22H,10H2. The zero-order valence-corrected chi connectivity index (χ0v) is 12.9. The summed E-state index contributed by atoms with van der Waals surface area (Å²) in [5.74, 6) is -0.871. The number of fused-ring (bicyclic) bond motifs is 1. The maximum absolute atomic E-state index is 14.0. The first kappa shape index (κ1) is 15.3. The van der Waals surface area contributed by atoms with Gasteiger partial charge >= 0.3 is 0 Å². The maximum Gasteiger partial charge on any atom is 0.258 e. The molecule has 1 N–H and O–H groups in total. The zero-order chi connectivity index (χ0) is 17.4. The number of halogens is 2. The smallest absolute Gasteiger partial charge is 0.258 e. The summed E-state index contributed by atoms with van der Waals surface area (Å²) in [6.07, 6.45) is 2.33. The number of carbonyl (C=O) groups excluding carboxylic acids is 1. The molecule has 5 nitrogen and oxygen atoms in total. The summed E-state index contributed by atoms with van der Waals surface area (Å²) in [5, 5.41) is 2.89. The number of furan rings is 1. The fraction of sp³-hybridized carbons (Fsp3) is 0.111. The number of rotatable bonds is 4. The first-order valence-corrected chi connectivity index (χ1v) is 7.63. The Morgan fingerprint density at radius 3 is 2.88 bits per heavy atom. The molecule has 4 rings (SSSR count). The third-order valence-corrected chi connectivity index (χ3v) is 4.03. The monoisotopic (exact) mass is 341 g/mol. The van der Waals surface area contributed by atoms with Gasteiger partial charge in [0.15, 0.2) is 0 Å². The van der Waals surface area contributed by atoms with Gasteiger partial charge in [-0.1, -0.05) is 0 Å². The van der Waals surface area contributed by atoms with E-state index in [0.717, 1.165) is 18.2 Å². The largest absolute Gasteiger partial charge is 0.467 e.